The number of nitrogens with zero attached hydrogens (tertiary/aromatic N) is 1. The van der Waals surface area contributed by atoms with E-state index in [1.807, 2.05) is 14.1 Å². The van der Waals surface area contributed by atoms with E-state index in [4.69, 9.17) is 5.73 Å². The summed E-state index contributed by atoms with van der Waals surface area (Å²) in [4.78, 5) is 11.9. The Balaban J connectivity index is 2.57. The Morgan fingerprint density at radius 1 is 1.27 bits per heavy atom. The summed E-state index contributed by atoms with van der Waals surface area (Å²) in [6.45, 7) is 4.31. The standard InChI is InChI=1S/C11H23N3O/c1-7-5-8(2)10(12)6-9(7)11(15)13-14(3)4/h7-10H,5-6,12H2,1-4H3,(H,13,15). The molecule has 1 saturated carbocycles. The lowest BCUT2D eigenvalue weighted by Gasteiger charge is -2.36. The number of amides is 1. The molecule has 4 heteroatoms. The van der Waals surface area contributed by atoms with Crippen LogP contribution in [-0.2, 0) is 4.79 Å². The van der Waals surface area contributed by atoms with Crippen LogP contribution in [0.4, 0.5) is 0 Å². The normalized spacial score (nSPS) is 36.7. The van der Waals surface area contributed by atoms with Crippen molar-refractivity contribution in [3.8, 4) is 0 Å². The number of hydrazine groups is 1. The molecular formula is C11H23N3O. The first-order chi connectivity index (χ1) is 6.91. The molecule has 0 spiro atoms. The molecule has 1 aliphatic rings. The van der Waals surface area contributed by atoms with E-state index in [1.54, 1.807) is 5.01 Å². The third kappa shape index (κ3) is 3.18. The molecule has 0 radical (unpaired) electrons. The molecule has 4 nitrogen and oxygen atoms in total. The highest BCUT2D eigenvalue weighted by Crippen LogP contribution is 2.32. The Hall–Kier alpha value is -0.610. The highest BCUT2D eigenvalue weighted by molar-refractivity contribution is 5.78. The SMILES string of the molecule is CC1CC(C)C(C(=O)NN(C)C)CC1N. The van der Waals surface area contributed by atoms with Crippen molar-refractivity contribution in [1.82, 2.24) is 10.4 Å². The maximum absolute atomic E-state index is 11.9. The molecule has 0 bridgehead atoms. The van der Waals surface area contributed by atoms with Gasteiger partial charge >= 0.3 is 0 Å². The van der Waals surface area contributed by atoms with Gasteiger partial charge in [-0.2, -0.15) is 0 Å². The van der Waals surface area contributed by atoms with E-state index in [0.717, 1.165) is 12.8 Å². The minimum Gasteiger partial charge on any atom is -0.327 e. The number of nitrogens with two attached hydrogens (primary N) is 1. The second kappa shape index (κ2) is 4.94. The highest BCUT2D eigenvalue weighted by atomic mass is 16.2. The van der Waals surface area contributed by atoms with E-state index in [9.17, 15) is 4.79 Å². The molecule has 0 aliphatic heterocycles. The third-order valence-corrected chi connectivity index (χ3v) is 3.36. The number of nitrogens with one attached hydrogen (secondary N) is 1. The zero-order valence-electron chi connectivity index (χ0n) is 10.2. The average molecular weight is 213 g/mol. The number of carbonyl (C=O) groups excluding carboxylic acids is 1. The average Bonchev–Trinajstić information content (AvgIpc) is 2.09. The van der Waals surface area contributed by atoms with Crippen LogP contribution in [0.1, 0.15) is 26.7 Å². The summed E-state index contributed by atoms with van der Waals surface area (Å²) < 4.78 is 0. The molecule has 4 unspecified atom stereocenters. The van der Waals surface area contributed by atoms with Gasteiger partial charge in [0.25, 0.3) is 0 Å². The first kappa shape index (κ1) is 12.5. The summed E-state index contributed by atoms with van der Waals surface area (Å²) in [5, 5.41) is 1.69. The summed E-state index contributed by atoms with van der Waals surface area (Å²) in [6.07, 6.45) is 1.86. The first-order valence-electron chi connectivity index (χ1n) is 5.65. The Labute approximate surface area is 92.2 Å². The fourth-order valence-electron chi connectivity index (χ4n) is 2.35. The van der Waals surface area contributed by atoms with Crippen molar-refractivity contribution in [1.29, 1.82) is 0 Å². The van der Waals surface area contributed by atoms with E-state index in [-0.39, 0.29) is 17.9 Å². The van der Waals surface area contributed by atoms with Gasteiger partial charge in [0.1, 0.15) is 0 Å². The zero-order valence-corrected chi connectivity index (χ0v) is 10.2. The molecule has 0 heterocycles. The van der Waals surface area contributed by atoms with E-state index < -0.39 is 0 Å². The molecule has 1 aliphatic carbocycles. The number of rotatable bonds is 2. The van der Waals surface area contributed by atoms with E-state index in [2.05, 4.69) is 19.3 Å². The van der Waals surface area contributed by atoms with E-state index >= 15 is 0 Å². The van der Waals surface area contributed by atoms with Crippen LogP contribution in [0.15, 0.2) is 0 Å². The van der Waals surface area contributed by atoms with Crippen LogP contribution in [0, 0.1) is 17.8 Å². The van der Waals surface area contributed by atoms with Crippen molar-refractivity contribution < 1.29 is 4.79 Å². The quantitative estimate of drug-likeness (QED) is 0.660. The monoisotopic (exact) mass is 213 g/mol. The predicted molar refractivity (Wildman–Crippen MR) is 60.9 cm³/mol. The molecule has 88 valence electrons. The fraction of sp³-hybridized carbons (Fsp3) is 0.909. The van der Waals surface area contributed by atoms with Crippen molar-refractivity contribution in [2.75, 3.05) is 14.1 Å². The number of carbonyl (C=O) groups is 1. The van der Waals surface area contributed by atoms with Gasteiger partial charge in [-0.25, -0.2) is 5.01 Å². The maximum atomic E-state index is 11.9. The molecule has 0 aromatic heterocycles. The van der Waals surface area contributed by atoms with Crippen molar-refractivity contribution in [2.24, 2.45) is 23.5 Å². The van der Waals surface area contributed by atoms with Crippen LogP contribution in [0.25, 0.3) is 0 Å². The van der Waals surface area contributed by atoms with Crippen molar-refractivity contribution in [3.05, 3.63) is 0 Å². The molecule has 15 heavy (non-hydrogen) atoms. The highest BCUT2D eigenvalue weighted by Gasteiger charge is 2.35. The van der Waals surface area contributed by atoms with Crippen LogP contribution >= 0.6 is 0 Å². The number of hydrogen-bond donors (Lipinski definition) is 2. The van der Waals surface area contributed by atoms with Gasteiger partial charge in [-0.1, -0.05) is 13.8 Å². The van der Waals surface area contributed by atoms with Gasteiger partial charge in [-0.05, 0) is 24.7 Å². The van der Waals surface area contributed by atoms with Gasteiger partial charge in [0.05, 0.1) is 0 Å². The topological polar surface area (TPSA) is 58.4 Å². The van der Waals surface area contributed by atoms with E-state index in [0.29, 0.717) is 11.8 Å². The Morgan fingerprint density at radius 3 is 2.40 bits per heavy atom. The lowest BCUT2D eigenvalue weighted by molar-refractivity contribution is -0.132. The second-order valence-electron chi connectivity index (χ2n) is 5.07. The van der Waals surface area contributed by atoms with Crippen molar-refractivity contribution >= 4 is 5.91 Å². The first-order valence-corrected chi connectivity index (χ1v) is 5.65. The van der Waals surface area contributed by atoms with Crippen molar-refractivity contribution in [2.45, 2.75) is 32.7 Å². The second-order valence-corrected chi connectivity index (χ2v) is 5.07. The lowest BCUT2D eigenvalue weighted by atomic mass is 9.73. The Bertz CT molecular complexity index is 230. The smallest absolute Gasteiger partial charge is 0.237 e. The molecule has 0 aromatic carbocycles. The van der Waals surface area contributed by atoms with Gasteiger partial charge in [0.15, 0.2) is 0 Å². The number of hydrogen-bond acceptors (Lipinski definition) is 3. The Kier molecular flexibility index (Phi) is 4.11. The van der Waals surface area contributed by atoms with Crippen LogP contribution in [0.5, 0.6) is 0 Å². The van der Waals surface area contributed by atoms with Crippen LogP contribution in [0.2, 0.25) is 0 Å². The predicted octanol–water partition coefficient (Wildman–Crippen LogP) is 0.589. The summed E-state index contributed by atoms with van der Waals surface area (Å²) in [5.74, 6) is 1.14. The summed E-state index contributed by atoms with van der Waals surface area (Å²) >= 11 is 0. The minimum atomic E-state index is 0.0681. The van der Waals surface area contributed by atoms with Crippen molar-refractivity contribution in [3.63, 3.8) is 0 Å². The van der Waals surface area contributed by atoms with Gasteiger partial charge in [0.2, 0.25) is 5.91 Å². The summed E-state index contributed by atoms with van der Waals surface area (Å²) in [5.41, 5.74) is 8.82. The molecule has 1 fully saturated rings. The van der Waals surface area contributed by atoms with Crippen LogP contribution < -0.4 is 11.2 Å². The van der Waals surface area contributed by atoms with Gasteiger partial charge in [-0.15, -0.1) is 0 Å². The lowest BCUT2D eigenvalue weighted by Crippen LogP contribution is -2.48. The fourth-order valence-corrected chi connectivity index (χ4v) is 2.35. The molecule has 0 saturated heterocycles. The summed E-state index contributed by atoms with van der Waals surface area (Å²) in [6, 6.07) is 0.166. The molecule has 1 rings (SSSR count). The molecule has 0 aromatic rings. The minimum absolute atomic E-state index is 0.0681. The summed E-state index contributed by atoms with van der Waals surface area (Å²) in [7, 11) is 3.65. The zero-order chi connectivity index (χ0) is 11.6. The molecule has 3 N–H and O–H groups in total. The Morgan fingerprint density at radius 2 is 1.87 bits per heavy atom. The molecule has 4 atom stereocenters. The third-order valence-electron chi connectivity index (χ3n) is 3.36. The van der Waals surface area contributed by atoms with E-state index in [1.165, 1.54) is 0 Å². The van der Waals surface area contributed by atoms with Gasteiger partial charge in [0, 0.05) is 26.1 Å². The molecule has 1 amide bonds. The largest absolute Gasteiger partial charge is 0.327 e. The van der Waals surface area contributed by atoms with Crippen LogP contribution in [-0.4, -0.2) is 31.1 Å². The maximum Gasteiger partial charge on any atom is 0.237 e. The van der Waals surface area contributed by atoms with Gasteiger partial charge in [-0.3, -0.25) is 10.2 Å². The van der Waals surface area contributed by atoms with Gasteiger partial charge < -0.3 is 5.73 Å². The molecular weight excluding hydrogens is 190 g/mol. The van der Waals surface area contributed by atoms with Crippen LogP contribution in [0.3, 0.4) is 0 Å².